The molecule has 0 heterocycles. The lowest BCUT2D eigenvalue weighted by Gasteiger charge is -2.11. The zero-order chi connectivity index (χ0) is 14.8. The van der Waals surface area contributed by atoms with E-state index in [1.807, 2.05) is 61.5 Å². The van der Waals surface area contributed by atoms with Gasteiger partial charge in [0.05, 0.1) is 11.6 Å². The van der Waals surface area contributed by atoms with Crippen molar-refractivity contribution < 1.29 is 0 Å². The van der Waals surface area contributed by atoms with Crippen molar-refractivity contribution in [1.29, 1.82) is 5.26 Å². The van der Waals surface area contributed by atoms with Crippen LogP contribution in [0.15, 0.2) is 54.6 Å². The molecule has 21 heavy (non-hydrogen) atoms. The summed E-state index contributed by atoms with van der Waals surface area (Å²) in [7, 11) is 0. The molecule has 0 bridgehead atoms. The van der Waals surface area contributed by atoms with Crippen LogP contribution in [-0.2, 0) is 0 Å². The minimum absolute atomic E-state index is 0.679. The number of fused-ring (bicyclic) bond motifs is 1. The van der Waals surface area contributed by atoms with E-state index in [9.17, 15) is 5.26 Å². The van der Waals surface area contributed by atoms with Gasteiger partial charge >= 0.3 is 0 Å². The topological polar surface area (TPSA) is 35.8 Å². The molecule has 0 amide bonds. The summed E-state index contributed by atoms with van der Waals surface area (Å²) in [6, 6.07) is 19.7. The highest BCUT2D eigenvalue weighted by atomic mass is 35.5. The number of benzene rings is 3. The molecule has 0 fully saturated rings. The summed E-state index contributed by atoms with van der Waals surface area (Å²) in [6.07, 6.45) is 0. The Morgan fingerprint density at radius 3 is 2.48 bits per heavy atom. The van der Waals surface area contributed by atoms with Gasteiger partial charge in [0.25, 0.3) is 0 Å². The number of aryl methyl sites for hydroxylation is 1. The highest BCUT2D eigenvalue weighted by Crippen LogP contribution is 2.30. The van der Waals surface area contributed by atoms with Gasteiger partial charge in [-0.25, -0.2) is 0 Å². The van der Waals surface area contributed by atoms with Gasteiger partial charge in [0, 0.05) is 27.2 Å². The average Bonchev–Trinajstić information content (AvgIpc) is 2.51. The molecule has 0 aromatic heterocycles. The van der Waals surface area contributed by atoms with Crippen LogP contribution in [-0.4, -0.2) is 0 Å². The predicted octanol–water partition coefficient (Wildman–Crippen LogP) is 5.42. The average molecular weight is 293 g/mol. The number of nitrogens with one attached hydrogen (secondary N) is 1. The zero-order valence-electron chi connectivity index (χ0n) is 11.5. The van der Waals surface area contributed by atoms with Crippen molar-refractivity contribution in [2.24, 2.45) is 0 Å². The van der Waals surface area contributed by atoms with Gasteiger partial charge in [-0.2, -0.15) is 5.26 Å². The van der Waals surface area contributed by atoms with Crippen LogP contribution in [0.1, 0.15) is 11.1 Å². The number of anilines is 2. The zero-order valence-corrected chi connectivity index (χ0v) is 12.3. The van der Waals surface area contributed by atoms with Crippen molar-refractivity contribution in [2.45, 2.75) is 6.92 Å². The van der Waals surface area contributed by atoms with Gasteiger partial charge in [-0.05, 0) is 36.8 Å². The van der Waals surface area contributed by atoms with Crippen LogP contribution in [0.25, 0.3) is 10.8 Å². The Kier molecular flexibility index (Phi) is 3.51. The van der Waals surface area contributed by atoms with Gasteiger partial charge in [0.15, 0.2) is 0 Å². The van der Waals surface area contributed by atoms with Gasteiger partial charge < -0.3 is 5.32 Å². The minimum atomic E-state index is 0.679. The van der Waals surface area contributed by atoms with E-state index < -0.39 is 0 Å². The third-order valence-corrected chi connectivity index (χ3v) is 3.90. The maximum Gasteiger partial charge on any atom is 0.0998 e. The molecule has 0 unspecified atom stereocenters. The number of nitrogens with zero attached hydrogens (tertiary/aromatic N) is 1. The Hall–Kier alpha value is -2.50. The molecular weight excluding hydrogens is 280 g/mol. The Morgan fingerprint density at radius 1 is 1.00 bits per heavy atom. The second kappa shape index (κ2) is 5.47. The van der Waals surface area contributed by atoms with Gasteiger partial charge in [-0.1, -0.05) is 41.9 Å². The summed E-state index contributed by atoms with van der Waals surface area (Å²) in [5, 5.41) is 15.3. The summed E-state index contributed by atoms with van der Waals surface area (Å²) < 4.78 is 0. The van der Waals surface area contributed by atoms with Crippen molar-refractivity contribution in [3.63, 3.8) is 0 Å². The Morgan fingerprint density at radius 2 is 1.76 bits per heavy atom. The monoisotopic (exact) mass is 292 g/mol. The van der Waals surface area contributed by atoms with Crippen molar-refractivity contribution in [1.82, 2.24) is 0 Å². The number of hydrogen-bond donors (Lipinski definition) is 1. The van der Waals surface area contributed by atoms with Crippen molar-refractivity contribution in [3.8, 4) is 6.07 Å². The normalized spacial score (nSPS) is 10.3. The Bertz CT molecular complexity index is 863. The van der Waals surface area contributed by atoms with Crippen LogP contribution in [0, 0.1) is 18.3 Å². The molecule has 0 spiro atoms. The standard InChI is InChI=1S/C18H13ClN2/c1-12-6-8-14(10-17(12)19)21-18-9-7-13(11-20)15-4-2-3-5-16(15)18/h2-10,21H,1H3. The quantitative estimate of drug-likeness (QED) is 0.685. The fraction of sp³-hybridized carbons (Fsp3) is 0.0556. The summed E-state index contributed by atoms with van der Waals surface area (Å²) in [5.74, 6) is 0. The van der Waals surface area contributed by atoms with Gasteiger partial charge in [0.2, 0.25) is 0 Å². The lowest BCUT2D eigenvalue weighted by molar-refractivity contribution is 1.45. The molecule has 0 aliphatic carbocycles. The summed E-state index contributed by atoms with van der Waals surface area (Å²) >= 11 is 6.16. The lowest BCUT2D eigenvalue weighted by Crippen LogP contribution is -1.93. The molecule has 0 aliphatic heterocycles. The van der Waals surface area contributed by atoms with E-state index in [-0.39, 0.29) is 0 Å². The molecule has 0 aliphatic rings. The van der Waals surface area contributed by atoms with Crippen LogP contribution >= 0.6 is 11.6 Å². The molecular formula is C18H13ClN2. The van der Waals surface area contributed by atoms with Crippen molar-refractivity contribution >= 4 is 33.7 Å². The van der Waals surface area contributed by atoms with E-state index in [2.05, 4.69) is 11.4 Å². The molecule has 3 aromatic carbocycles. The van der Waals surface area contributed by atoms with Crippen LogP contribution in [0.2, 0.25) is 5.02 Å². The molecule has 0 radical (unpaired) electrons. The van der Waals surface area contributed by atoms with Gasteiger partial charge in [-0.3, -0.25) is 0 Å². The fourth-order valence-electron chi connectivity index (χ4n) is 2.33. The Labute approximate surface area is 128 Å². The van der Waals surface area contributed by atoms with Crippen LogP contribution in [0.3, 0.4) is 0 Å². The van der Waals surface area contributed by atoms with Crippen LogP contribution in [0.4, 0.5) is 11.4 Å². The number of nitriles is 1. The number of hydrogen-bond acceptors (Lipinski definition) is 2. The molecule has 3 aromatic rings. The van der Waals surface area contributed by atoms with Crippen LogP contribution in [0.5, 0.6) is 0 Å². The van der Waals surface area contributed by atoms with Gasteiger partial charge in [0.1, 0.15) is 0 Å². The first-order chi connectivity index (χ1) is 10.2. The number of halogens is 1. The van der Waals surface area contributed by atoms with Gasteiger partial charge in [-0.15, -0.1) is 0 Å². The highest BCUT2D eigenvalue weighted by Gasteiger charge is 2.06. The molecule has 102 valence electrons. The van der Waals surface area contributed by atoms with E-state index in [0.29, 0.717) is 5.56 Å². The highest BCUT2D eigenvalue weighted by molar-refractivity contribution is 6.31. The largest absolute Gasteiger partial charge is 0.355 e. The number of rotatable bonds is 2. The van der Waals surface area contributed by atoms with E-state index >= 15 is 0 Å². The van der Waals surface area contributed by atoms with E-state index in [1.54, 1.807) is 0 Å². The summed E-state index contributed by atoms with van der Waals surface area (Å²) in [6.45, 7) is 1.98. The third-order valence-electron chi connectivity index (χ3n) is 3.50. The second-order valence-electron chi connectivity index (χ2n) is 4.91. The van der Waals surface area contributed by atoms with E-state index in [0.717, 1.165) is 32.7 Å². The first-order valence-corrected chi connectivity index (χ1v) is 7.02. The second-order valence-corrected chi connectivity index (χ2v) is 5.31. The molecule has 2 nitrogen and oxygen atoms in total. The van der Waals surface area contributed by atoms with E-state index in [4.69, 9.17) is 11.6 Å². The first-order valence-electron chi connectivity index (χ1n) is 6.64. The SMILES string of the molecule is Cc1ccc(Nc2ccc(C#N)c3ccccc23)cc1Cl. The van der Waals surface area contributed by atoms with Crippen LogP contribution < -0.4 is 5.32 Å². The molecule has 0 saturated carbocycles. The maximum absolute atomic E-state index is 9.20. The lowest BCUT2D eigenvalue weighted by atomic mass is 10.0. The molecule has 1 N–H and O–H groups in total. The minimum Gasteiger partial charge on any atom is -0.355 e. The maximum atomic E-state index is 9.20. The Balaban J connectivity index is 2.09. The molecule has 0 saturated heterocycles. The summed E-state index contributed by atoms with van der Waals surface area (Å²) in [5.41, 5.74) is 3.62. The van der Waals surface area contributed by atoms with E-state index in [1.165, 1.54) is 0 Å². The molecule has 3 heteroatoms. The fourth-order valence-corrected chi connectivity index (χ4v) is 2.51. The van der Waals surface area contributed by atoms with Crippen molar-refractivity contribution in [3.05, 3.63) is 70.7 Å². The predicted molar refractivity (Wildman–Crippen MR) is 88.1 cm³/mol. The molecule has 0 atom stereocenters. The summed E-state index contributed by atoms with van der Waals surface area (Å²) in [4.78, 5) is 0. The first kappa shape index (κ1) is 13.5. The van der Waals surface area contributed by atoms with Crippen molar-refractivity contribution in [2.75, 3.05) is 5.32 Å². The third kappa shape index (κ3) is 2.56. The molecule has 3 rings (SSSR count). The smallest absolute Gasteiger partial charge is 0.0998 e.